The average Bonchev–Trinajstić information content (AvgIpc) is 2.53. The Morgan fingerprint density at radius 3 is 2.53 bits per heavy atom. The van der Waals surface area contributed by atoms with Crippen molar-refractivity contribution >= 4 is 0 Å². The van der Waals surface area contributed by atoms with E-state index in [0.29, 0.717) is 0 Å². The van der Waals surface area contributed by atoms with Crippen molar-refractivity contribution in [1.82, 2.24) is 0 Å². The number of nitrogens with zero attached hydrogens (tertiary/aromatic N) is 1. The summed E-state index contributed by atoms with van der Waals surface area (Å²) < 4.78 is 15.7. The third-order valence-electron chi connectivity index (χ3n) is 2.69. The van der Waals surface area contributed by atoms with Gasteiger partial charge in [-0.2, -0.15) is 5.26 Å². The van der Waals surface area contributed by atoms with Crippen LogP contribution in [0.4, 0.5) is 0 Å². The highest BCUT2D eigenvalue weighted by Crippen LogP contribution is 2.35. The number of rotatable bonds is 0. The Balaban J connectivity index is 2.18. The van der Waals surface area contributed by atoms with E-state index in [1.54, 1.807) is 6.92 Å². The molecule has 6 heteroatoms. The lowest BCUT2D eigenvalue weighted by atomic mass is 10.0. The van der Waals surface area contributed by atoms with Crippen molar-refractivity contribution in [2.75, 3.05) is 0 Å². The van der Waals surface area contributed by atoms with E-state index in [4.69, 9.17) is 19.5 Å². The minimum absolute atomic E-state index is 0.550. The predicted octanol–water partition coefficient (Wildman–Crippen LogP) is -0.892. The quantitative estimate of drug-likeness (QED) is 0.544. The Morgan fingerprint density at radius 2 is 1.93 bits per heavy atom. The zero-order chi connectivity index (χ0) is 11.2. The summed E-state index contributed by atoms with van der Waals surface area (Å²) in [5.74, 6) is -1.42. The van der Waals surface area contributed by atoms with Gasteiger partial charge in [0.2, 0.25) is 0 Å². The molecule has 0 spiro atoms. The van der Waals surface area contributed by atoms with Crippen LogP contribution in [0.5, 0.6) is 0 Å². The molecule has 2 aliphatic rings. The second-order valence-corrected chi connectivity index (χ2v) is 3.95. The molecule has 0 bridgehead atoms. The number of nitriles is 1. The zero-order valence-electron chi connectivity index (χ0n) is 8.45. The summed E-state index contributed by atoms with van der Waals surface area (Å²) in [5, 5.41) is 28.0. The number of aliphatic hydroxyl groups is 2. The molecule has 0 aromatic heterocycles. The maximum Gasteiger partial charge on any atom is 0.259 e. The predicted molar refractivity (Wildman–Crippen MR) is 46.3 cm³/mol. The summed E-state index contributed by atoms with van der Waals surface area (Å²) in [7, 11) is 0. The van der Waals surface area contributed by atoms with Gasteiger partial charge in [-0.05, 0) is 6.92 Å². The summed E-state index contributed by atoms with van der Waals surface area (Å²) in [6.07, 6.45) is -4.31. The van der Waals surface area contributed by atoms with Gasteiger partial charge in [0.05, 0.1) is 6.10 Å². The summed E-state index contributed by atoms with van der Waals surface area (Å²) in [5.41, 5.74) is 0. The van der Waals surface area contributed by atoms with Crippen LogP contribution in [-0.4, -0.2) is 46.7 Å². The molecule has 0 radical (unpaired) electrons. The number of hydrogen-bond donors (Lipinski definition) is 2. The smallest absolute Gasteiger partial charge is 0.259 e. The van der Waals surface area contributed by atoms with Crippen LogP contribution in [0.25, 0.3) is 0 Å². The van der Waals surface area contributed by atoms with Gasteiger partial charge in [-0.3, -0.25) is 0 Å². The summed E-state index contributed by atoms with van der Waals surface area (Å²) >= 11 is 0. The maximum atomic E-state index is 9.70. The number of fused-ring (bicyclic) bond motifs is 1. The lowest BCUT2D eigenvalue weighted by Crippen LogP contribution is -2.55. The van der Waals surface area contributed by atoms with Crippen LogP contribution in [0.15, 0.2) is 0 Å². The van der Waals surface area contributed by atoms with Crippen LogP contribution in [0.3, 0.4) is 0 Å². The van der Waals surface area contributed by atoms with Crippen molar-refractivity contribution in [3.63, 3.8) is 0 Å². The topological polar surface area (TPSA) is 91.9 Å². The number of hydrogen-bond acceptors (Lipinski definition) is 6. The van der Waals surface area contributed by atoms with Gasteiger partial charge in [0.15, 0.2) is 6.29 Å². The van der Waals surface area contributed by atoms with Crippen LogP contribution in [0.2, 0.25) is 0 Å². The lowest BCUT2D eigenvalue weighted by molar-refractivity contribution is -0.243. The van der Waals surface area contributed by atoms with Gasteiger partial charge in [0, 0.05) is 6.92 Å². The first-order valence-electron chi connectivity index (χ1n) is 4.75. The van der Waals surface area contributed by atoms with Gasteiger partial charge < -0.3 is 24.4 Å². The second-order valence-electron chi connectivity index (χ2n) is 3.95. The highest BCUT2D eigenvalue weighted by Gasteiger charge is 2.54. The Hall–Kier alpha value is -0.710. The Labute approximate surface area is 87.0 Å². The summed E-state index contributed by atoms with van der Waals surface area (Å²) in [4.78, 5) is 0. The van der Waals surface area contributed by atoms with Crippen molar-refractivity contribution in [1.29, 1.82) is 5.26 Å². The third kappa shape index (κ3) is 1.62. The molecule has 2 rings (SSSR count). The first kappa shape index (κ1) is 10.8. The molecule has 6 nitrogen and oxygen atoms in total. The van der Waals surface area contributed by atoms with Gasteiger partial charge in [0.25, 0.3) is 5.79 Å². The Bertz CT molecular complexity index is 303. The van der Waals surface area contributed by atoms with E-state index in [-0.39, 0.29) is 0 Å². The third-order valence-corrected chi connectivity index (χ3v) is 2.69. The van der Waals surface area contributed by atoms with Crippen LogP contribution in [0, 0.1) is 11.3 Å². The molecule has 0 saturated carbocycles. The second kappa shape index (κ2) is 3.40. The largest absolute Gasteiger partial charge is 0.388 e. The Morgan fingerprint density at radius 1 is 1.27 bits per heavy atom. The lowest BCUT2D eigenvalue weighted by Gasteiger charge is -2.35. The average molecular weight is 215 g/mol. The molecular weight excluding hydrogens is 202 g/mol. The molecule has 0 aliphatic carbocycles. The van der Waals surface area contributed by atoms with Gasteiger partial charge in [-0.15, -0.1) is 0 Å². The zero-order valence-corrected chi connectivity index (χ0v) is 8.45. The molecule has 15 heavy (non-hydrogen) atoms. The van der Waals surface area contributed by atoms with E-state index >= 15 is 0 Å². The molecule has 2 aliphatic heterocycles. The molecular formula is C9H13NO5. The van der Waals surface area contributed by atoms with Crippen molar-refractivity contribution in [2.24, 2.45) is 0 Å². The summed E-state index contributed by atoms with van der Waals surface area (Å²) in [6, 6.07) is 1.83. The first-order chi connectivity index (χ1) is 6.97. The molecule has 2 heterocycles. The maximum absolute atomic E-state index is 9.70. The molecule has 84 valence electrons. The van der Waals surface area contributed by atoms with Crippen molar-refractivity contribution in [2.45, 2.75) is 50.3 Å². The van der Waals surface area contributed by atoms with E-state index in [1.165, 1.54) is 6.92 Å². The van der Waals surface area contributed by atoms with Crippen LogP contribution in [-0.2, 0) is 14.2 Å². The fraction of sp³-hybridized carbons (Fsp3) is 0.889. The van der Waals surface area contributed by atoms with Gasteiger partial charge in [-0.25, -0.2) is 0 Å². The fourth-order valence-corrected chi connectivity index (χ4v) is 1.78. The molecule has 0 amide bonds. The molecule has 0 aromatic carbocycles. The first-order valence-corrected chi connectivity index (χ1v) is 4.75. The van der Waals surface area contributed by atoms with Gasteiger partial charge >= 0.3 is 0 Å². The molecule has 2 saturated heterocycles. The van der Waals surface area contributed by atoms with E-state index in [0.717, 1.165) is 0 Å². The standard InChI is InChI=1S/C9H13NO5/c1-4-5(11)6(12)7-8(13-4)15-9(2,3-10)14-7/h4-8,11-12H,1-2H3/t4-,5-,6+,7+,8+,9+/m0/s1. The van der Waals surface area contributed by atoms with Crippen molar-refractivity contribution in [3.8, 4) is 6.07 Å². The highest BCUT2D eigenvalue weighted by atomic mass is 16.8. The van der Waals surface area contributed by atoms with E-state index in [1.807, 2.05) is 6.07 Å². The van der Waals surface area contributed by atoms with Crippen molar-refractivity contribution < 1.29 is 24.4 Å². The van der Waals surface area contributed by atoms with Gasteiger partial charge in [-0.1, -0.05) is 0 Å². The molecule has 2 N–H and O–H groups in total. The van der Waals surface area contributed by atoms with Crippen LogP contribution in [0.1, 0.15) is 13.8 Å². The van der Waals surface area contributed by atoms with Gasteiger partial charge in [0.1, 0.15) is 24.4 Å². The molecule has 6 atom stereocenters. The molecule has 0 aromatic rings. The fourth-order valence-electron chi connectivity index (χ4n) is 1.78. The van der Waals surface area contributed by atoms with E-state index < -0.39 is 36.5 Å². The molecule has 0 unspecified atom stereocenters. The van der Waals surface area contributed by atoms with Crippen LogP contribution >= 0.6 is 0 Å². The summed E-state index contributed by atoms with van der Waals surface area (Å²) in [6.45, 7) is 3.06. The van der Waals surface area contributed by atoms with E-state index in [2.05, 4.69) is 0 Å². The normalized spacial score (nSPS) is 54.7. The minimum atomic E-state index is -1.42. The van der Waals surface area contributed by atoms with Crippen molar-refractivity contribution in [3.05, 3.63) is 0 Å². The minimum Gasteiger partial charge on any atom is -0.388 e. The number of aliphatic hydroxyl groups excluding tert-OH is 2. The number of ether oxygens (including phenoxy) is 3. The Kier molecular flexibility index (Phi) is 2.45. The highest BCUT2D eigenvalue weighted by molar-refractivity contribution is 5.00. The monoisotopic (exact) mass is 215 g/mol. The van der Waals surface area contributed by atoms with Crippen LogP contribution < -0.4 is 0 Å². The SMILES string of the molecule is C[C@@H]1O[C@@H]2O[C@](C)(C#N)O[C@@H]2[C@H](O)[C@H]1O. The molecule has 2 fully saturated rings. The van der Waals surface area contributed by atoms with E-state index in [9.17, 15) is 10.2 Å².